The topological polar surface area (TPSA) is 48.7 Å². The molecule has 1 N–H and O–H groups in total. The van der Waals surface area contributed by atoms with E-state index < -0.39 is 0 Å². The molecule has 0 aliphatic carbocycles. The van der Waals surface area contributed by atoms with Crippen LogP contribution in [0.2, 0.25) is 0 Å². The van der Waals surface area contributed by atoms with Gasteiger partial charge in [0.05, 0.1) is 9.26 Å². The zero-order chi connectivity index (χ0) is 12.1. The number of nitrogens with zero attached hydrogens (tertiary/aromatic N) is 2. The minimum absolute atomic E-state index is 0.403. The van der Waals surface area contributed by atoms with Gasteiger partial charge in [-0.15, -0.1) is 0 Å². The van der Waals surface area contributed by atoms with Gasteiger partial charge >= 0.3 is 0 Å². The molecule has 1 aromatic rings. The molecule has 1 heterocycles. The standard InChI is InChI=1S/C11H13I2N3/c1-3-7(4-2)16-11-9(5-14)15-6-8(12)10(11)13/h6-7,16H,3-4H2,1-2H3. The second-order valence-electron chi connectivity index (χ2n) is 3.41. The molecule has 0 bridgehead atoms. The average Bonchev–Trinajstić information content (AvgIpc) is 2.31. The Morgan fingerprint density at radius 2 is 2.06 bits per heavy atom. The monoisotopic (exact) mass is 441 g/mol. The number of rotatable bonds is 4. The van der Waals surface area contributed by atoms with Crippen molar-refractivity contribution in [1.29, 1.82) is 5.26 Å². The van der Waals surface area contributed by atoms with Crippen molar-refractivity contribution in [2.45, 2.75) is 32.7 Å². The van der Waals surface area contributed by atoms with Crippen molar-refractivity contribution in [2.24, 2.45) is 0 Å². The number of pyridine rings is 1. The van der Waals surface area contributed by atoms with E-state index in [0.29, 0.717) is 11.7 Å². The minimum atomic E-state index is 0.403. The summed E-state index contributed by atoms with van der Waals surface area (Å²) >= 11 is 4.49. The maximum atomic E-state index is 9.03. The van der Waals surface area contributed by atoms with Crippen molar-refractivity contribution in [3.63, 3.8) is 0 Å². The quantitative estimate of drug-likeness (QED) is 0.725. The Morgan fingerprint density at radius 1 is 1.44 bits per heavy atom. The van der Waals surface area contributed by atoms with Gasteiger partial charge in [-0.3, -0.25) is 0 Å². The van der Waals surface area contributed by atoms with E-state index in [1.54, 1.807) is 6.20 Å². The molecule has 1 rings (SSSR count). The van der Waals surface area contributed by atoms with Crippen molar-refractivity contribution in [3.05, 3.63) is 19.0 Å². The van der Waals surface area contributed by atoms with Crippen molar-refractivity contribution >= 4 is 50.9 Å². The van der Waals surface area contributed by atoms with E-state index in [1.807, 2.05) is 0 Å². The molecular weight excluding hydrogens is 428 g/mol. The van der Waals surface area contributed by atoms with Crippen LogP contribution in [0.1, 0.15) is 32.4 Å². The van der Waals surface area contributed by atoms with Crippen LogP contribution in [0.3, 0.4) is 0 Å². The third kappa shape index (κ3) is 3.20. The first-order chi connectivity index (χ1) is 7.63. The lowest BCUT2D eigenvalue weighted by molar-refractivity contribution is 0.670. The first kappa shape index (κ1) is 14.0. The van der Waals surface area contributed by atoms with E-state index >= 15 is 0 Å². The van der Waals surface area contributed by atoms with Gasteiger partial charge < -0.3 is 5.32 Å². The lowest BCUT2D eigenvalue weighted by Crippen LogP contribution is -2.19. The number of hydrogen-bond acceptors (Lipinski definition) is 3. The molecule has 0 atom stereocenters. The summed E-state index contributed by atoms with van der Waals surface area (Å²) in [4.78, 5) is 4.14. The second-order valence-corrected chi connectivity index (χ2v) is 5.65. The maximum absolute atomic E-state index is 9.03. The fraction of sp³-hybridized carbons (Fsp3) is 0.455. The molecule has 0 saturated carbocycles. The van der Waals surface area contributed by atoms with Crippen LogP contribution in [0.25, 0.3) is 0 Å². The van der Waals surface area contributed by atoms with E-state index in [1.165, 1.54) is 0 Å². The number of nitrogens with one attached hydrogen (secondary N) is 1. The molecule has 3 nitrogen and oxygen atoms in total. The summed E-state index contributed by atoms with van der Waals surface area (Å²) in [7, 11) is 0. The van der Waals surface area contributed by atoms with Gasteiger partial charge in [0.25, 0.3) is 0 Å². The van der Waals surface area contributed by atoms with Crippen LogP contribution in [0, 0.1) is 18.5 Å². The molecule has 0 aliphatic heterocycles. The lowest BCUT2D eigenvalue weighted by Gasteiger charge is -2.18. The molecule has 5 heteroatoms. The number of nitriles is 1. The van der Waals surface area contributed by atoms with E-state index in [4.69, 9.17) is 5.26 Å². The summed E-state index contributed by atoms with van der Waals surface area (Å²) < 4.78 is 2.15. The van der Waals surface area contributed by atoms with Gasteiger partial charge in [0, 0.05) is 15.8 Å². The molecule has 0 saturated heterocycles. The first-order valence-corrected chi connectivity index (χ1v) is 7.30. The molecule has 0 aliphatic rings. The number of hydrogen-bond donors (Lipinski definition) is 1. The van der Waals surface area contributed by atoms with Crippen LogP contribution < -0.4 is 5.32 Å². The first-order valence-electron chi connectivity index (χ1n) is 5.14. The fourth-order valence-electron chi connectivity index (χ4n) is 1.38. The third-order valence-electron chi connectivity index (χ3n) is 2.41. The molecule has 0 spiro atoms. The van der Waals surface area contributed by atoms with Crippen molar-refractivity contribution in [2.75, 3.05) is 5.32 Å². The summed E-state index contributed by atoms with van der Waals surface area (Å²) in [5, 5.41) is 12.4. The van der Waals surface area contributed by atoms with Crippen molar-refractivity contribution in [3.8, 4) is 6.07 Å². The summed E-state index contributed by atoms with van der Waals surface area (Å²) in [6, 6.07) is 2.54. The number of aromatic nitrogens is 1. The molecule has 1 aromatic heterocycles. The molecule has 0 radical (unpaired) electrons. The van der Waals surface area contributed by atoms with E-state index in [-0.39, 0.29) is 0 Å². The summed E-state index contributed by atoms with van der Waals surface area (Å²) in [5.74, 6) is 0. The highest BCUT2D eigenvalue weighted by atomic mass is 127. The molecular formula is C11H13I2N3. The van der Waals surface area contributed by atoms with Crippen LogP contribution >= 0.6 is 45.2 Å². The molecule has 0 amide bonds. The van der Waals surface area contributed by atoms with Gasteiger partial charge in [-0.2, -0.15) is 5.26 Å². The second kappa shape index (κ2) is 6.59. The minimum Gasteiger partial charge on any atom is -0.379 e. The maximum Gasteiger partial charge on any atom is 0.164 e. The Balaban J connectivity index is 3.11. The van der Waals surface area contributed by atoms with Gasteiger partial charge in [0.1, 0.15) is 6.07 Å². The third-order valence-corrected chi connectivity index (χ3v) is 5.38. The summed E-state index contributed by atoms with van der Waals surface area (Å²) in [6.07, 6.45) is 3.82. The Bertz CT molecular complexity index is 408. The number of halogens is 2. The van der Waals surface area contributed by atoms with Crippen molar-refractivity contribution < 1.29 is 0 Å². The highest BCUT2D eigenvalue weighted by molar-refractivity contribution is 14.1. The van der Waals surface area contributed by atoms with Gasteiger partial charge in [-0.05, 0) is 58.0 Å². The van der Waals surface area contributed by atoms with E-state index in [0.717, 1.165) is 25.7 Å². The smallest absolute Gasteiger partial charge is 0.164 e. The molecule has 86 valence electrons. The molecule has 16 heavy (non-hydrogen) atoms. The Labute approximate surface area is 123 Å². The van der Waals surface area contributed by atoms with Gasteiger partial charge in [0.2, 0.25) is 0 Å². The Kier molecular flexibility index (Phi) is 5.75. The van der Waals surface area contributed by atoms with Gasteiger partial charge in [-0.25, -0.2) is 4.98 Å². The predicted molar refractivity (Wildman–Crippen MR) is 82.4 cm³/mol. The normalized spacial score (nSPS) is 10.2. The molecule has 0 fully saturated rings. The summed E-state index contributed by atoms with van der Waals surface area (Å²) in [5.41, 5.74) is 1.36. The van der Waals surface area contributed by atoms with E-state index in [9.17, 15) is 0 Å². The largest absolute Gasteiger partial charge is 0.379 e. The highest BCUT2D eigenvalue weighted by Gasteiger charge is 2.14. The highest BCUT2D eigenvalue weighted by Crippen LogP contribution is 2.26. The average molecular weight is 441 g/mol. The van der Waals surface area contributed by atoms with Crippen LogP contribution in [0.15, 0.2) is 6.20 Å². The Morgan fingerprint density at radius 3 is 2.56 bits per heavy atom. The molecule has 0 unspecified atom stereocenters. The number of anilines is 1. The van der Waals surface area contributed by atoms with Crippen LogP contribution in [-0.2, 0) is 0 Å². The summed E-state index contributed by atoms with van der Waals surface area (Å²) in [6.45, 7) is 4.28. The SMILES string of the molecule is CCC(CC)Nc1c(C#N)ncc(I)c1I. The Hall–Kier alpha value is -0.1000. The predicted octanol–water partition coefficient (Wildman–Crippen LogP) is 3.76. The zero-order valence-corrected chi connectivity index (χ0v) is 13.5. The van der Waals surface area contributed by atoms with Crippen LogP contribution in [0.5, 0.6) is 0 Å². The fourth-order valence-corrected chi connectivity index (χ4v) is 2.34. The van der Waals surface area contributed by atoms with Crippen LogP contribution in [0.4, 0.5) is 5.69 Å². The van der Waals surface area contributed by atoms with Crippen LogP contribution in [-0.4, -0.2) is 11.0 Å². The molecule has 0 aromatic carbocycles. The zero-order valence-electron chi connectivity index (χ0n) is 9.22. The van der Waals surface area contributed by atoms with Gasteiger partial charge in [0.15, 0.2) is 5.69 Å². The lowest BCUT2D eigenvalue weighted by atomic mass is 10.1. The van der Waals surface area contributed by atoms with Crippen molar-refractivity contribution in [1.82, 2.24) is 4.98 Å². The van der Waals surface area contributed by atoms with E-state index in [2.05, 4.69) is 75.4 Å². The van der Waals surface area contributed by atoms with Gasteiger partial charge in [-0.1, -0.05) is 13.8 Å².